The van der Waals surface area contributed by atoms with Crippen LogP contribution in [-0.4, -0.2) is 68.8 Å². The maximum Gasteiger partial charge on any atom is 0.290 e. The summed E-state index contributed by atoms with van der Waals surface area (Å²) in [6, 6.07) is -1.22. The van der Waals surface area contributed by atoms with Crippen molar-refractivity contribution >= 4 is 24.2 Å². The van der Waals surface area contributed by atoms with Crippen LogP contribution in [0.15, 0.2) is 18.6 Å². The predicted molar refractivity (Wildman–Crippen MR) is 160 cm³/mol. The molecule has 230 valence electrons. The Bertz CT molecular complexity index is 789. The van der Waals surface area contributed by atoms with Crippen LogP contribution in [-0.2, 0) is 14.4 Å². The summed E-state index contributed by atoms with van der Waals surface area (Å²) in [7, 11) is 0. The van der Waals surface area contributed by atoms with E-state index in [1.807, 2.05) is 6.92 Å². The first-order chi connectivity index (χ1) is 19.0. The molecule has 1 aliphatic heterocycles. The number of carboxylic acid groups (broad SMARTS) is 1. The zero-order valence-corrected chi connectivity index (χ0v) is 26.1. The van der Waals surface area contributed by atoms with Gasteiger partial charge in [0.15, 0.2) is 0 Å². The number of carbonyl (C=O) groups is 4. The monoisotopic (exact) mass is 565 g/mol. The fourth-order valence-electron chi connectivity index (χ4n) is 3.72. The summed E-state index contributed by atoms with van der Waals surface area (Å²) in [5.41, 5.74) is 0.132. The van der Waals surface area contributed by atoms with Crippen LogP contribution < -0.4 is 10.6 Å². The van der Waals surface area contributed by atoms with E-state index in [-0.39, 0.29) is 24.1 Å². The molecule has 0 radical (unpaired) electrons. The van der Waals surface area contributed by atoms with Gasteiger partial charge in [0.1, 0.15) is 17.8 Å². The molecule has 3 N–H and O–H groups in total. The number of hydrogen-bond donors (Lipinski definition) is 3. The van der Waals surface area contributed by atoms with Gasteiger partial charge >= 0.3 is 0 Å². The average molecular weight is 566 g/mol. The van der Waals surface area contributed by atoms with E-state index in [4.69, 9.17) is 9.90 Å². The van der Waals surface area contributed by atoms with Crippen LogP contribution in [0.3, 0.4) is 0 Å². The minimum absolute atomic E-state index is 0.0965. The molecule has 2 aliphatic rings. The highest BCUT2D eigenvalue weighted by molar-refractivity contribution is 5.96. The van der Waals surface area contributed by atoms with Crippen molar-refractivity contribution in [2.24, 2.45) is 5.92 Å². The first-order valence-corrected chi connectivity index (χ1v) is 14.7. The standard InChI is InChI=1S/C16H23N5O3.C6H12.C4H10.C3H8.CH2O2/c1-10-5-4-8-21(10)16(24)12(3)20-14(22)11(2)19-15(23)13-9-17-6-7-18-13;1-2-4-6-5-3-1;1-4(2)3;1-3-2;2-1-3/h6-7,9-12H,4-5,8H2,1-3H3,(H,19,23)(H,20,22);1-6H2;4H,1-3H3;3H2,1-2H3;1H,(H,2,3). The van der Waals surface area contributed by atoms with Crippen molar-refractivity contribution in [2.45, 2.75) is 131 Å². The van der Waals surface area contributed by atoms with Crippen LogP contribution in [0.25, 0.3) is 0 Å². The lowest BCUT2D eigenvalue weighted by atomic mass is 10.0. The van der Waals surface area contributed by atoms with Gasteiger partial charge in [0.25, 0.3) is 12.4 Å². The van der Waals surface area contributed by atoms with Crippen LogP contribution in [0.5, 0.6) is 0 Å². The molecule has 3 unspecified atom stereocenters. The van der Waals surface area contributed by atoms with E-state index < -0.39 is 23.9 Å². The zero-order valence-electron chi connectivity index (χ0n) is 26.1. The maximum atomic E-state index is 12.4. The second-order valence-corrected chi connectivity index (χ2v) is 10.7. The van der Waals surface area contributed by atoms with Crippen LogP contribution in [0.2, 0.25) is 0 Å². The van der Waals surface area contributed by atoms with E-state index in [2.05, 4.69) is 55.2 Å². The van der Waals surface area contributed by atoms with E-state index in [0.29, 0.717) is 0 Å². The van der Waals surface area contributed by atoms with Crippen LogP contribution in [0.4, 0.5) is 0 Å². The molecule has 10 heteroatoms. The second kappa shape index (κ2) is 25.0. The topological polar surface area (TPSA) is 142 Å². The number of hydrogen-bond acceptors (Lipinski definition) is 6. The van der Waals surface area contributed by atoms with Gasteiger partial charge in [-0.2, -0.15) is 0 Å². The molecule has 3 atom stereocenters. The largest absolute Gasteiger partial charge is 0.483 e. The Balaban J connectivity index is 0. The molecule has 0 aromatic carbocycles. The number of amides is 3. The Hall–Kier alpha value is -3.04. The van der Waals surface area contributed by atoms with E-state index in [0.717, 1.165) is 25.3 Å². The molecule has 0 spiro atoms. The summed E-state index contributed by atoms with van der Waals surface area (Å²) in [6.45, 7) is 16.4. The van der Waals surface area contributed by atoms with E-state index in [9.17, 15) is 14.4 Å². The van der Waals surface area contributed by atoms with Gasteiger partial charge in [-0.1, -0.05) is 79.6 Å². The molecule has 10 nitrogen and oxygen atoms in total. The van der Waals surface area contributed by atoms with Gasteiger partial charge in [0.2, 0.25) is 11.8 Å². The fraction of sp³-hybridized carbons (Fsp3) is 0.733. The molecule has 40 heavy (non-hydrogen) atoms. The van der Waals surface area contributed by atoms with Gasteiger partial charge in [-0.25, -0.2) is 4.98 Å². The zero-order chi connectivity index (χ0) is 30.9. The molecule has 0 bridgehead atoms. The number of rotatable bonds is 5. The number of aromatic nitrogens is 2. The summed E-state index contributed by atoms with van der Waals surface area (Å²) < 4.78 is 0. The third-order valence-corrected chi connectivity index (χ3v) is 5.60. The highest BCUT2D eigenvalue weighted by Gasteiger charge is 2.30. The molecule has 2 fully saturated rings. The number of likely N-dealkylation sites (tertiary alicyclic amines) is 1. The molecule has 3 rings (SSSR count). The molecule has 1 aliphatic carbocycles. The summed E-state index contributed by atoms with van der Waals surface area (Å²) in [5.74, 6) is -0.168. The van der Waals surface area contributed by atoms with Crippen molar-refractivity contribution in [1.29, 1.82) is 0 Å². The van der Waals surface area contributed by atoms with Crippen molar-refractivity contribution in [1.82, 2.24) is 25.5 Å². The van der Waals surface area contributed by atoms with Crippen molar-refractivity contribution in [3.05, 3.63) is 24.3 Å². The second-order valence-electron chi connectivity index (χ2n) is 10.7. The Labute approximate surface area is 242 Å². The van der Waals surface area contributed by atoms with Crippen LogP contribution in [0, 0.1) is 5.92 Å². The summed E-state index contributed by atoms with van der Waals surface area (Å²) >= 11 is 0. The minimum atomic E-state index is -0.786. The number of carbonyl (C=O) groups excluding carboxylic acids is 3. The van der Waals surface area contributed by atoms with Gasteiger partial charge in [-0.05, 0) is 39.5 Å². The Morgan fingerprint density at radius 2 is 1.43 bits per heavy atom. The summed E-state index contributed by atoms with van der Waals surface area (Å²) in [5, 5.41) is 12.1. The smallest absolute Gasteiger partial charge is 0.290 e. The van der Waals surface area contributed by atoms with Crippen LogP contribution >= 0.6 is 0 Å². The minimum Gasteiger partial charge on any atom is -0.483 e. The van der Waals surface area contributed by atoms with Crippen LogP contribution in [0.1, 0.15) is 124 Å². The van der Waals surface area contributed by atoms with Crippen molar-refractivity contribution < 1.29 is 24.3 Å². The Kier molecular flexibility index (Phi) is 24.4. The lowest BCUT2D eigenvalue weighted by Crippen LogP contribution is -2.53. The molecule has 1 aromatic heterocycles. The lowest BCUT2D eigenvalue weighted by Gasteiger charge is -2.26. The highest BCUT2D eigenvalue weighted by Crippen LogP contribution is 2.17. The van der Waals surface area contributed by atoms with Gasteiger partial charge in [-0.15, -0.1) is 0 Å². The molecule has 2 heterocycles. The SMILES string of the molecule is C1CCCCC1.CC(C)C.CC(NC(=O)c1cnccn1)C(=O)NC(C)C(=O)N1CCCC1C.CCC.O=CO. The third-order valence-electron chi connectivity index (χ3n) is 5.60. The van der Waals surface area contributed by atoms with Gasteiger partial charge in [0, 0.05) is 25.0 Å². The van der Waals surface area contributed by atoms with Crippen molar-refractivity contribution in [3.63, 3.8) is 0 Å². The molecule has 3 amide bonds. The van der Waals surface area contributed by atoms with E-state index >= 15 is 0 Å². The lowest BCUT2D eigenvalue weighted by molar-refractivity contribution is -0.136. The fourth-order valence-corrected chi connectivity index (χ4v) is 3.72. The van der Waals surface area contributed by atoms with E-state index in [1.54, 1.807) is 18.7 Å². The Morgan fingerprint density at radius 3 is 1.80 bits per heavy atom. The molecule has 1 aromatic rings. The molecular formula is C30H55N5O5. The number of nitrogens with one attached hydrogen (secondary N) is 2. The van der Waals surface area contributed by atoms with E-state index in [1.165, 1.54) is 63.5 Å². The Morgan fingerprint density at radius 1 is 0.950 bits per heavy atom. The normalized spacial score (nSPS) is 16.9. The molecule has 1 saturated carbocycles. The van der Waals surface area contributed by atoms with Gasteiger partial charge in [0.05, 0.1) is 6.20 Å². The van der Waals surface area contributed by atoms with Crippen molar-refractivity contribution in [2.75, 3.05) is 6.54 Å². The first kappa shape index (κ1) is 39.1. The molecule has 1 saturated heterocycles. The summed E-state index contributed by atoms with van der Waals surface area (Å²) in [6.07, 6.45) is 16.4. The third kappa shape index (κ3) is 19.9. The van der Waals surface area contributed by atoms with Gasteiger partial charge in [-0.3, -0.25) is 24.2 Å². The van der Waals surface area contributed by atoms with Crippen molar-refractivity contribution in [3.8, 4) is 0 Å². The summed E-state index contributed by atoms with van der Waals surface area (Å²) in [4.78, 5) is 54.3. The number of nitrogens with zero attached hydrogens (tertiary/aromatic N) is 3. The maximum absolute atomic E-state index is 12.4. The highest BCUT2D eigenvalue weighted by atomic mass is 16.3. The average Bonchev–Trinajstić information content (AvgIpc) is 3.36. The van der Waals surface area contributed by atoms with Gasteiger partial charge < -0.3 is 20.6 Å². The quantitative estimate of drug-likeness (QED) is 0.415. The molecular weight excluding hydrogens is 510 g/mol. The predicted octanol–water partition coefficient (Wildman–Crippen LogP) is 5.23. The first-order valence-electron chi connectivity index (χ1n) is 14.7.